The van der Waals surface area contributed by atoms with Gasteiger partial charge in [0.05, 0.1) is 17.4 Å². The molecule has 2 heterocycles. The number of imidazole rings is 1. The Morgan fingerprint density at radius 1 is 1.06 bits per heavy atom. The molecule has 0 spiro atoms. The average molecular weight is 441 g/mol. The van der Waals surface area contributed by atoms with Crippen molar-refractivity contribution in [3.05, 3.63) is 60.4 Å². The van der Waals surface area contributed by atoms with E-state index in [1.807, 2.05) is 31.2 Å². The zero-order chi connectivity index (χ0) is 23.6. The van der Waals surface area contributed by atoms with Crippen molar-refractivity contribution >= 4 is 29.2 Å². The Labute approximate surface area is 193 Å². The van der Waals surface area contributed by atoms with Crippen LogP contribution in [0.1, 0.15) is 33.3 Å². The normalized spacial score (nSPS) is 12.7. The maximum atomic E-state index is 5.65. The number of rotatable bonds is 4. The van der Waals surface area contributed by atoms with Crippen LogP contribution >= 0.6 is 0 Å². The lowest BCUT2D eigenvalue weighted by Crippen LogP contribution is -2.23. The third-order valence-electron chi connectivity index (χ3n) is 5.24. The highest BCUT2D eigenvalue weighted by Gasteiger charge is 2.25. The van der Waals surface area contributed by atoms with E-state index < -0.39 is 0 Å². The van der Waals surface area contributed by atoms with Crippen LogP contribution in [0.3, 0.4) is 0 Å². The molecule has 4 N–H and O–H groups in total. The van der Waals surface area contributed by atoms with Crippen LogP contribution in [-0.2, 0) is 5.54 Å². The van der Waals surface area contributed by atoms with Crippen molar-refractivity contribution in [2.45, 2.75) is 33.2 Å². The van der Waals surface area contributed by atoms with Crippen molar-refractivity contribution in [2.24, 2.45) is 15.7 Å². The number of aliphatic imine (C=N–C) groups is 2. The van der Waals surface area contributed by atoms with Crippen LogP contribution in [0, 0.1) is 0 Å². The summed E-state index contributed by atoms with van der Waals surface area (Å²) in [4.78, 5) is 22.2. The highest BCUT2D eigenvalue weighted by molar-refractivity contribution is 6.07. The second kappa shape index (κ2) is 8.82. The molecule has 2 aromatic carbocycles. The predicted octanol–water partition coefficient (Wildman–Crippen LogP) is 4.25. The van der Waals surface area contributed by atoms with Crippen LogP contribution in [0.5, 0.6) is 0 Å². The van der Waals surface area contributed by atoms with Gasteiger partial charge in [-0.2, -0.15) is 0 Å². The van der Waals surface area contributed by atoms with Crippen molar-refractivity contribution in [2.75, 3.05) is 12.3 Å². The first-order valence-corrected chi connectivity index (χ1v) is 10.8. The van der Waals surface area contributed by atoms with Gasteiger partial charge < -0.3 is 16.0 Å². The van der Waals surface area contributed by atoms with Gasteiger partial charge in [0.1, 0.15) is 5.82 Å². The van der Waals surface area contributed by atoms with E-state index in [9.17, 15) is 0 Å². The number of nitrogen functional groups attached to an aromatic ring is 1. The van der Waals surface area contributed by atoms with Gasteiger partial charge in [0, 0.05) is 41.2 Å². The first-order chi connectivity index (χ1) is 15.8. The lowest BCUT2D eigenvalue weighted by atomic mass is 10.0. The number of hydrogen-bond acceptors (Lipinski definition) is 5. The van der Waals surface area contributed by atoms with Gasteiger partial charge in [-0.1, -0.05) is 30.3 Å². The van der Waals surface area contributed by atoms with E-state index in [4.69, 9.17) is 16.5 Å². The van der Waals surface area contributed by atoms with E-state index in [2.05, 4.69) is 63.5 Å². The minimum Gasteiger partial charge on any atom is -0.390 e. The van der Waals surface area contributed by atoms with Gasteiger partial charge in [-0.25, -0.2) is 19.9 Å². The molecule has 0 saturated carbocycles. The Hall–Kier alpha value is -4.07. The standard InChI is InChI=1S/C25H28N8/c1-5-28-22(31-15-26)18-8-6-7-9-19(18)23-32-20-12-16(17-13-29-24(27)30-14-17)10-11-21(20)33(23)25(2,3)4/h6-15H,5H2,1-4H3,(H2,26,28,31)(H2,27,29,30). The number of benzene rings is 2. The number of hydrogen-bond donors (Lipinski definition) is 2. The molecule has 4 aromatic rings. The third kappa shape index (κ3) is 4.32. The molecule has 0 bridgehead atoms. The van der Waals surface area contributed by atoms with Crippen molar-refractivity contribution in [3.8, 4) is 22.5 Å². The fourth-order valence-corrected chi connectivity index (χ4v) is 3.90. The molecule has 0 atom stereocenters. The Balaban J connectivity index is 1.97. The van der Waals surface area contributed by atoms with Gasteiger partial charge in [-0.05, 0) is 45.4 Å². The van der Waals surface area contributed by atoms with E-state index in [0.29, 0.717) is 12.4 Å². The second-order valence-electron chi connectivity index (χ2n) is 8.60. The zero-order valence-corrected chi connectivity index (χ0v) is 19.3. The number of fused-ring (bicyclic) bond motifs is 1. The number of anilines is 1. The Morgan fingerprint density at radius 2 is 1.79 bits per heavy atom. The fourth-order valence-electron chi connectivity index (χ4n) is 3.90. The van der Waals surface area contributed by atoms with Gasteiger partial charge in [0.25, 0.3) is 0 Å². The summed E-state index contributed by atoms with van der Waals surface area (Å²) >= 11 is 0. The van der Waals surface area contributed by atoms with Crippen molar-refractivity contribution in [3.63, 3.8) is 0 Å². The molecule has 0 amide bonds. The van der Waals surface area contributed by atoms with E-state index >= 15 is 0 Å². The molecule has 4 rings (SSSR count). The number of amidine groups is 1. The summed E-state index contributed by atoms with van der Waals surface area (Å²) in [6.07, 6.45) is 4.72. The van der Waals surface area contributed by atoms with E-state index in [1.54, 1.807) is 12.4 Å². The quantitative estimate of drug-likeness (QED) is 0.363. The SMILES string of the molecule is CCN=C(N=CN)c1ccccc1-c1nc2cc(-c3cnc(N)nc3)ccc2n1C(C)(C)C. The molecule has 0 aliphatic rings. The van der Waals surface area contributed by atoms with Crippen molar-refractivity contribution < 1.29 is 0 Å². The Morgan fingerprint density at radius 3 is 2.45 bits per heavy atom. The van der Waals surface area contributed by atoms with Gasteiger partial charge in [0.15, 0.2) is 5.84 Å². The molecule has 0 radical (unpaired) electrons. The smallest absolute Gasteiger partial charge is 0.219 e. The molecule has 168 valence electrons. The summed E-state index contributed by atoms with van der Waals surface area (Å²) in [5.41, 5.74) is 16.6. The predicted molar refractivity (Wildman–Crippen MR) is 135 cm³/mol. The monoisotopic (exact) mass is 440 g/mol. The molecule has 0 unspecified atom stereocenters. The summed E-state index contributed by atoms with van der Waals surface area (Å²) < 4.78 is 2.25. The Bertz CT molecular complexity index is 1340. The molecule has 0 fully saturated rings. The maximum absolute atomic E-state index is 5.65. The van der Waals surface area contributed by atoms with Crippen LogP contribution in [-0.4, -0.2) is 38.2 Å². The maximum Gasteiger partial charge on any atom is 0.219 e. The average Bonchev–Trinajstić information content (AvgIpc) is 3.19. The molecule has 0 saturated heterocycles. The number of nitrogens with zero attached hydrogens (tertiary/aromatic N) is 6. The molecule has 2 aromatic heterocycles. The minimum atomic E-state index is -0.220. The summed E-state index contributed by atoms with van der Waals surface area (Å²) in [5, 5.41) is 0. The van der Waals surface area contributed by atoms with Gasteiger partial charge in [-0.15, -0.1) is 0 Å². The lowest BCUT2D eigenvalue weighted by molar-refractivity contribution is 0.413. The highest BCUT2D eigenvalue weighted by Crippen LogP contribution is 2.35. The van der Waals surface area contributed by atoms with Crippen molar-refractivity contribution in [1.29, 1.82) is 0 Å². The van der Waals surface area contributed by atoms with E-state index in [-0.39, 0.29) is 11.5 Å². The van der Waals surface area contributed by atoms with Crippen LogP contribution in [0.4, 0.5) is 5.95 Å². The largest absolute Gasteiger partial charge is 0.390 e. The van der Waals surface area contributed by atoms with Crippen LogP contribution in [0.25, 0.3) is 33.5 Å². The van der Waals surface area contributed by atoms with E-state index in [1.165, 1.54) is 6.34 Å². The van der Waals surface area contributed by atoms with Crippen molar-refractivity contribution in [1.82, 2.24) is 19.5 Å². The topological polar surface area (TPSA) is 120 Å². The minimum absolute atomic E-state index is 0.220. The van der Waals surface area contributed by atoms with Gasteiger partial charge in [0.2, 0.25) is 5.95 Å². The summed E-state index contributed by atoms with van der Waals surface area (Å²) in [5.74, 6) is 1.68. The van der Waals surface area contributed by atoms with Crippen LogP contribution in [0.15, 0.2) is 64.8 Å². The van der Waals surface area contributed by atoms with Gasteiger partial charge >= 0.3 is 0 Å². The van der Waals surface area contributed by atoms with Crippen LogP contribution in [0.2, 0.25) is 0 Å². The first kappa shape index (κ1) is 22.1. The van der Waals surface area contributed by atoms with E-state index in [0.717, 1.165) is 39.1 Å². The Kier molecular flexibility index (Phi) is 5.91. The molecule has 8 nitrogen and oxygen atoms in total. The fraction of sp³-hybridized carbons (Fsp3) is 0.240. The molecule has 8 heteroatoms. The summed E-state index contributed by atoms with van der Waals surface area (Å²) in [6.45, 7) is 9.08. The van der Waals surface area contributed by atoms with Gasteiger partial charge in [-0.3, -0.25) is 4.99 Å². The van der Waals surface area contributed by atoms with Crippen LogP contribution < -0.4 is 11.5 Å². The summed E-state index contributed by atoms with van der Waals surface area (Å²) in [6, 6.07) is 14.2. The molecule has 33 heavy (non-hydrogen) atoms. The third-order valence-corrected chi connectivity index (χ3v) is 5.24. The summed E-state index contributed by atoms with van der Waals surface area (Å²) in [7, 11) is 0. The highest BCUT2D eigenvalue weighted by atomic mass is 15.1. The molecule has 0 aliphatic heterocycles. The molecular formula is C25H28N8. The number of nitrogens with two attached hydrogens (primary N) is 2. The number of aromatic nitrogens is 4. The second-order valence-corrected chi connectivity index (χ2v) is 8.60. The lowest BCUT2D eigenvalue weighted by Gasteiger charge is -2.25. The first-order valence-electron chi connectivity index (χ1n) is 10.8. The zero-order valence-electron chi connectivity index (χ0n) is 19.3. The molecule has 0 aliphatic carbocycles. The molecular weight excluding hydrogens is 412 g/mol.